The zero-order valence-electron chi connectivity index (χ0n) is 14.0. The summed E-state index contributed by atoms with van der Waals surface area (Å²) in [5.74, 6) is 0.590. The van der Waals surface area contributed by atoms with Crippen LogP contribution >= 0.6 is 11.8 Å². The SMILES string of the molecule is Cc1ccc(CSc2cc(C)c(OCC(=O)O)cc2C)cc1C. The number of aryl methyl sites for hydroxylation is 4. The van der Waals surface area contributed by atoms with Gasteiger partial charge in [0.2, 0.25) is 0 Å². The molecule has 0 aromatic heterocycles. The first kappa shape index (κ1) is 17.4. The van der Waals surface area contributed by atoms with Gasteiger partial charge in [-0.05, 0) is 67.6 Å². The lowest BCUT2D eigenvalue weighted by molar-refractivity contribution is -0.139. The molecule has 1 N–H and O–H groups in total. The van der Waals surface area contributed by atoms with Crippen LogP contribution in [0.2, 0.25) is 0 Å². The van der Waals surface area contributed by atoms with Crippen LogP contribution in [0, 0.1) is 27.7 Å². The lowest BCUT2D eigenvalue weighted by Crippen LogP contribution is -2.10. The number of carboxylic acids is 1. The maximum atomic E-state index is 10.6. The monoisotopic (exact) mass is 330 g/mol. The van der Waals surface area contributed by atoms with Gasteiger partial charge in [0.05, 0.1) is 0 Å². The third-order valence-corrected chi connectivity index (χ3v) is 5.02. The van der Waals surface area contributed by atoms with Crippen LogP contribution < -0.4 is 4.74 Å². The number of carboxylic acid groups (broad SMARTS) is 1. The van der Waals surface area contributed by atoms with Crippen molar-refractivity contribution in [2.75, 3.05) is 6.61 Å². The minimum absolute atomic E-state index is 0.310. The number of benzene rings is 2. The molecule has 0 amide bonds. The van der Waals surface area contributed by atoms with Crippen molar-refractivity contribution in [1.82, 2.24) is 0 Å². The molecule has 0 atom stereocenters. The average Bonchev–Trinajstić information content (AvgIpc) is 2.49. The topological polar surface area (TPSA) is 46.5 Å². The van der Waals surface area contributed by atoms with Crippen LogP contribution in [0.1, 0.15) is 27.8 Å². The van der Waals surface area contributed by atoms with Gasteiger partial charge in [0, 0.05) is 10.6 Å². The van der Waals surface area contributed by atoms with Crippen molar-refractivity contribution in [2.45, 2.75) is 38.3 Å². The molecular weight excluding hydrogens is 308 g/mol. The van der Waals surface area contributed by atoms with Gasteiger partial charge in [-0.25, -0.2) is 4.79 Å². The van der Waals surface area contributed by atoms with Gasteiger partial charge in [0.1, 0.15) is 5.75 Å². The largest absolute Gasteiger partial charge is 0.482 e. The number of hydrogen-bond acceptors (Lipinski definition) is 3. The summed E-state index contributed by atoms with van der Waals surface area (Å²) in [7, 11) is 0. The Morgan fingerprint density at radius 3 is 2.39 bits per heavy atom. The molecule has 23 heavy (non-hydrogen) atoms. The van der Waals surface area contributed by atoms with Gasteiger partial charge in [-0.3, -0.25) is 0 Å². The molecule has 122 valence electrons. The maximum absolute atomic E-state index is 10.6. The highest BCUT2D eigenvalue weighted by Gasteiger charge is 2.08. The van der Waals surface area contributed by atoms with Gasteiger partial charge in [0.25, 0.3) is 0 Å². The van der Waals surface area contributed by atoms with Gasteiger partial charge in [-0.1, -0.05) is 18.2 Å². The first-order chi connectivity index (χ1) is 10.9. The Morgan fingerprint density at radius 1 is 1.00 bits per heavy atom. The fourth-order valence-corrected chi connectivity index (χ4v) is 3.32. The second kappa shape index (κ2) is 7.55. The molecule has 0 aliphatic rings. The van der Waals surface area contributed by atoms with Crippen LogP contribution in [0.5, 0.6) is 5.75 Å². The average molecular weight is 330 g/mol. The normalized spacial score (nSPS) is 10.6. The van der Waals surface area contributed by atoms with Crippen molar-refractivity contribution < 1.29 is 14.6 Å². The lowest BCUT2D eigenvalue weighted by Gasteiger charge is -2.12. The fraction of sp³-hybridized carbons (Fsp3) is 0.316. The highest BCUT2D eigenvalue weighted by Crippen LogP contribution is 2.31. The summed E-state index contributed by atoms with van der Waals surface area (Å²) in [4.78, 5) is 11.8. The predicted molar refractivity (Wildman–Crippen MR) is 94.5 cm³/mol. The molecule has 0 heterocycles. The molecule has 0 fully saturated rings. The minimum Gasteiger partial charge on any atom is -0.482 e. The Kier molecular flexibility index (Phi) is 5.72. The Balaban J connectivity index is 2.09. The van der Waals surface area contributed by atoms with Gasteiger partial charge < -0.3 is 9.84 Å². The van der Waals surface area contributed by atoms with Crippen LogP contribution in [-0.2, 0) is 10.5 Å². The second-order valence-corrected chi connectivity index (χ2v) is 6.79. The number of hydrogen-bond donors (Lipinski definition) is 1. The number of carbonyl (C=O) groups is 1. The van der Waals surface area contributed by atoms with E-state index in [2.05, 4.69) is 38.1 Å². The standard InChI is InChI=1S/C19H22O3S/c1-12-5-6-16(7-13(12)2)11-23-18-9-14(3)17(8-15(18)4)22-10-19(20)21/h5-9H,10-11H2,1-4H3,(H,20,21). The Hall–Kier alpha value is -1.94. The quantitative estimate of drug-likeness (QED) is 0.782. The highest BCUT2D eigenvalue weighted by atomic mass is 32.2. The lowest BCUT2D eigenvalue weighted by atomic mass is 10.1. The van der Waals surface area contributed by atoms with Crippen LogP contribution in [0.15, 0.2) is 35.2 Å². The Morgan fingerprint density at radius 2 is 1.74 bits per heavy atom. The van der Waals surface area contributed by atoms with Crippen molar-refractivity contribution in [1.29, 1.82) is 0 Å². The zero-order chi connectivity index (χ0) is 17.0. The van der Waals surface area contributed by atoms with E-state index in [-0.39, 0.29) is 6.61 Å². The van der Waals surface area contributed by atoms with Crippen molar-refractivity contribution >= 4 is 17.7 Å². The third-order valence-electron chi connectivity index (χ3n) is 3.79. The van der Waals surface area contributed by atoms with Crippen molar-refractivity contribution in [3.05, 3.63) is 58.1 Å². The molecule has 0 saturated carbocycles. The first-order valence-corrected chi connectivity index (χ1v) is 8.50. The van der Waals surface area contributed by atoms with Gasteiger partial charge >= 0.3 is 5.97 Å². The Labute approximate surface area is 141 Å². The van der Waals surface area contributed by atoms with E-state index < -0.39 is 5.97 Å². The maximum Gasteiger partial charge on any atom is 0.341 e. The van der Waals surface area contributed by atoms with E-state index >= 15 is 0 Å². The van der Waals surface area contributed by atoms with E-state index in [0.29, 0.717) is 5.75 Å². The molecular formula is C19H22O3S. The van der Waals surface area contributed by atoms with Crippen molar-refractivity contribution in [2.24, 2.45) is 0 Å². The summed E-state index contributed by atoms with van der Waals surface area (Å²) >= 11 is 1.79. The number of rotatable bonds is 6. The number of thioether (sulfide) groups is 1. The molecule has 0 spiro atoms. The summed E-state index contributed by atoms with van der Waals surface area (Å²) in [6.07, 6.45) is 0. The minimum atomic E-state index is -0.963. The molecule has 4 heteroatoms. The van der Waals surface area contributed by atoms with E-state index in [1.54, 1.807) is 11.8 Å². The summed E-state index contributed by atoms with van der Waals surface area (Å²) in [5, 5.41) is 8.71. The zero-order valence-corrected chi connectivity index (χ0v) is 14.8. The molecule has 0 bridgehead atoms. The molecule has 3 nitrogen and oxygen atoms in total. The summed E-state index contributed by atoms with van der Waals surface area (Å²) < 4.78 is 5.32. The highest BCUT2D eigenvalue weighted by molar-refractivity contribution is 7.98. The van der Waals surface area contributed by atoms with E-state index in [4.69, 9.17) is 9.84 Å². The molecule has 2 aromatic carbocycles. The number of ether oxygens (including phenoxy) is 1. The summed E-state index contributed by atoms with van der Waals surface area (Å²) in [6.45, 7) is 7.91. The Bertz CT molecular complexity index is 723. The van der Waals surface area contributed by atoms with Gasteiger partial charge in [-0.2, -0.15) is 0 Å². The predicted octanol–water partition coefficient (Wildman–Crippen LogP) is 4.68. The fourth-order valence-electron chi connectivity index (χ4n) is 2.27. The summed E-state index contributed by atoms with van der Waals surface area (Å²) in [5.41, 5.74) is 5.99. The van der Waals surface area contributed by atoms with E-state index in [1.165, 1.54) is 21.6 Å². The van der Waals surface area contributed by atoms with Gasteiger partial charge in [-0.15, -0.1) is 11.8 Å². The molecule has 0 aliphatic heterocycles. The van der Waals surface area contributed by atoms with Crippen LogP contribution in [0.3, 0.4) is 0 Å². The smallest absolute Gasteiger partial charge is 0.341 e. The second-order valence-electron chi connectivity index (χ2n) is 5.77. The first-order valence-electron chi connectivity index (χ1n) is 7.51. The molecule has 0 saturated heterocycles. The van der Waals surface area contributed by atoms with E-state index in [9.17, 15) is 4.79 Å². The van der Waals surface area contributed by atoms with Crippen LogP contribution in [-0.4, -0.2) is 17.7 Å². The van der Waals surface area contributed by atoms with E-state index in [0.717, 1.165) is 16.9 Å². The molecule has 2 aromatic rings. The van der Waals surface area contributed by atoms with Crippen LogP contribution in [0.4, 0.5) is 0 Å². The van der Waals surface area contributed by atoms with Crippen molar-refractivity contribution in [3.8, 4) is 5.75 Å². The molecule has 0 aliphatic carbocycles. The molecule has 0 unspecified atom stereocenters. The van der Waals surface area contributed by atoms with Crippen LogP contribution in [0.25, 0.3) is 0 Å². The van der Waals surface area contributed by atoms with E-state index in [1.807, 2.05) is 19.9 Å². The molecule has 2 rings (SSSR count). The molecule has 0 radical (unpaired) electrons. The third kappa shape index (κ3) is 4.76. The van der Waals surface area contributed by atoms with Crippen molar-refractivity contribution in [3.63, 3.8) is 0 Å². The number of aliphatic carboxylic acids is 1. The van der Waals surface area contributed by atoms with Gasteiger partial charge in [0.15, 0.2) is 6.61 Å². The summed E-state index contributed by atoms with van der Waals surface area (Å²) in [6, 6.07) is 10.5.